The maximum absolute atomic E-state index is 10.2. The van der Waals surface area contributed by atoms with E-state index in [2.05, 4.69) is 13.2 Å². The van der Waals surface area contributed by atoms with Crippen molar-refractivity contribution in [1.82, 2.24) is 0 Å². The molecule has 0 amide bonds. The summed E-state index contributed by atoms with van der Waals surface area (Å²) in [5, 5.41) is 10.2. The zero-order chi connectivity index (χ0) is 17.1. The Labute approximate surface area is 139 Å². The zero-order valence-corrected chi connectivity index (χ0v) is 13.9. The molecule has 0 bridgehead atoms. The third-order valence-electron chi connectivity index (χ3n) is 3.02. The fraction of sp³-hybridized carbons (Fsp3) is 0.300. The zero-order valence-electron chi connectivity index (χ0n) is 13.9. The van der Waals surface area contributed by atoms with Gasteiger partial charge in [0.1, 0.15) is 23.7 Å². The van der Waals surface area contributed by atoms with Crippen molar-refractivity contribution in [1.29, 1.82) is 0 Å². The van der Waals surface area contributed by atoms with E-state index in [1.807, 2.05) is 62.4 Å². The molecule has 1 N–H and O–H groups in total. The highest BCUT2D eigenvalue weighted by Gasteiger charge is 2.24. The Bertz CT molecular complexity index is 541. The van der Waals surface area contributed by atoms with E-state index >= 15 is 0 Å². The monoisotopic (exact) mass is 314 g/mol. The first-order valence-electron chi connectivity index (χ1n) is 7.63. The molecule has 1 atom stereocenters. The average Bonchev–Trinajstić information content (AvgIpc) is 2.52. The molecule has 124 valence electrons. The van der Waals surface area contributed by atoms with Gasteiger partial charge in [-0.05, 0) is 38.1 Å². The second-order valence-corrected chi connectivity index (χ2v) is 5.74. The van der Waals surface area contributed by atoms with Crippen LogP contribution in [0.1, 0.15) is 20.3 Å². The Morgan fingerprint density at radius 2 is 1.91 bits per heavy atom. The quantitative estimate of drug-likeness (QED) is 0.513. The van der Waals surface area contributed by atoms with Crippen LogP contribution in [0.25, 0.3) is 0 Å². The maximum atomic E-state index is 10.2. The molecule has 0 saturated heterocycles. The summed E-state index contributed by atoms with van der Waals surface area (Å²) < 4.78 is 11.5. The third-order valence-corrected chi connectivity index (χ3v) is 3.02. The van der Waals surface area contributed by atoms with Crippen LogP contribution in [0.5, 0.6) is 5.75 Å². The van der Waals surface area contributed by atoms with Crippen LogP contribution in [0.4, 0.5) is 0 Å². The van der Waals surface area contributed by atoms with E-state index in [0.717, 1.165) is 5.75 Å². The Morgan fingerprint density at radius 1 is 1.22 bits per heavy atom. The van der Waals surface area contributed by atoms with Crippen LogP contribution in [-0.2, 0) is 4.74 Å². The lowest BCUT2D eigenvalue weighted by molar-refractivity contribution is -0.0172. The first-order chi connectivity index (χ1) is 11.0. The molecule has 1 rings (SSSR count). The van der Waals surface area contributed by atoms with Crippen molar-refractivity contribution in [2.45, 2.75) is 32.0 Å². The molecule has 0 fully saturated rings. The molecule has 1 aromatic rings. The molecule has 0 aliphatic rings. The summed E-state index contributed by atoms with van der Waals surface area (Å²) in [5.41, 5.74) is -0.540. The molecule has 0 aromatic heterocycles. The Kier molecular flexibility index (Phi) is 7.92. The summed E-state index contributed by atoms with van der Waals surface area (Å²) >= 11 is 0. The minimum absolute atomic E-state index is 0.223. The Balaban J connectivity index is 2.52. The molecule has 0 radical (unpaired) electrons. The van der Waals surface area contributed by atoms with Crippen LogP contribution in [-0.4, -0.2) is 23.4 Å². The molecule has 1 unspecified atom stereocenters. The van der Waals surface area contributed by atoms with Gasteiger partial charge < -0.3 is 14.6 Å². The van der Waals surface area contributed by atoms with E-state index in [-0.39, 0.29) is 6.61 Å². The highest BCUT2D eigenvalue weighted by molar-refractivity contribution is 5.21. The summed E-state index contributed by atoms with van der Waals surface area (Å²) in [6.07, 6.45) is 8.59. The molecule has 0 aliphatic heterocycles. The van der Waals surface area contributed by atoms with Crippen LogP contribution < -0.4 is 4.74 Å². The molecular formula is C20H26O3. The van der Waals surface area contributed by atoms with E-state index in [0.29, 0.717) is 12.2 Å². The van der Waals surface area contributed by atoms with Crippen LogP contribution in [0, 0.1) is 0 Å². The number of aliphatic hydroxyl groups excluding tert-OH is 1. The van der Waals surface area contributed by atoms with Gasteiger partial charge in [0.25, 0.3) is 0 Å². The summed E-state index contributed by atoms with van der Waals surface area (Å²) in [4.78, 5) is 0. The van der Waals surface area contributed by atoms with Gasteiger partial charge in [0.2, 0.25) is 0 Å². The molecule has 23 heavy (non-hydrogen) atoms. The smallest absolute Gasteiger partial charge is 0.119 e. The number of aliphatic hydroxyl groups is 1. The topological polar surface area (TPSA) is 38.7 Å². The summed E-state index contributed by atoms with van der Waals surface area (Å²) in [6, 6.07) is 9.43. The summed E-state index contributed by atoms with van der Waals surface area (Å²) in [6.45, 7) is 11.4. The van der Waals surface area contributed by atoms with Gasteiger partial charge in [-0.15, -0.1) is 0 Å². The minimum atomic E-state index is -0.625. The molecule has 1 aromatic carbocycles. The highest BCUT2D eigenvalue weighted by atomic mass is 16.5. The lowest BCUT2D eigenvalue weighted by atomic mass is 10.0. The molecule has 0 spiro atoms. The van der Waals surface area contributed by atoms with Gasteiger partial charge in [0, 0.05) is 6.42 Å². The minimum Gasteiger partial charge on any atom is -0.491 e. The number of allylic oxidation sites excluding steroid dienone is 5. The number of hydrogen-bond donors (Lipinski definition) is 1. The van der Waals surface area contributed by atoms with Gasteiger partial charge in [-0.2, -0.15) is 0 Å². The van der Waals surface area contributed by atoms with E-state index in [4.69, 9.17) is 9.47 Å². The predicted octanol–water partition coefficient (Wildman–Crippen LogP) is 4.42. The Hall–Kier alpha value is -2.26. The van der Waals surface area contributed by atoms with Crippen molar-refractivity contribution < 1.29 is 14.6 Å². The van der Waals surface area contributed by atoms with Crippen molar-refractivity contribution in [3.05, 3.63) is 79.6 Å². The normalized spacial score (nSPS) is 13.6. The van der Waals surface area contributed by atoms with Crippen LogP contribution in [0.15, 0.2) is 79.6 Å². The average molecular weight is 314 g/mol. The number of ether oxygens (including phenoxy) is 2. The largest absolute Gasteiger partial charge is 0.491 e. The van der Waals surface area contributed by atoms with E-state index in [1.165, 1.54) is 0 Å². The number of benzene rings is 1. The van der Waals surface area contributed by atoms with Crippen LogP contribution >= 0.6 is 0 Å². The van der Waals surface area contributed by atoms with Crippen LogP contribution in [0.3, 0.4) is 0 Å². The third kappa shape index (κ3) is 8.07. The van der Waals surface area contributed by atoms with Crippen molar-refractivity contribution in [2.75, 3.05) is 6.61 Å². The number of hydrogen-bond acceptors (Lipinski definition) is 3. The Morgan fingerprint density at radius 3 is 2.52 bits per heavy atom. The highest BCUT2D eigenvalue weighted by Crippen LogP contribution is 2.22. The first kappa shape index (κ1) is 18.8. The molecule has 3 nitrogen and oxygen atoms in total. The van der Waals surface area contributed by atoms with E-state index < -0.39 is 11.7 Å². The molecular weight excluding hydrogens is 288 g/mol. The fourth-order valence-electron chi connectivity index (χ4n) is 2.07. The molecule has 0 saturated carbocycles. The van der Waals surface area contributed by atoms with Crippen molar-refractivity contribution in [3.8, 4) is 5.75 Å². The first-order valence-corrected chi connectivity index (χ1v) is 7.63. The van der Waals surface area contributed by atoms with Gasteiger partial charge >= 0.3 is 0 Å². The van der Waals surface area contributed by atoms with Gasteiger partial charge in [-0.3, -0.25) is 0 Å². The van der Waals surface area contributed by atoms with Gasteiger partial charge in [-0.25, -0.2) is 0 Å². The van der Waals surface area contributed by atoms with Crippen molar-refractivity contribution in [2.24, 2.45) is 0 Å². The lowest BCUT2D eigenvalue weighted by Crippen LogP contribution is -2.32. The predicted molar refractivity (Wildman–Crippen MR) is 95.3 cm³/mol. The van der Waals surface area contributed by atoms with Gasteiger partial charge in [-0.1, -0.05) is 49.6 Å². The van der Waals surface area contributed by atoms with Gasteiger partial charge in [0.15, 0.2) is 0 Å². The second-order valence-electron chi connectivity index (χ2n) is 5.74. The second kappa shape index (κ2) is 9.70. The molecule has 0 aliphatic carbocycles. The van der Waals surface area contributed by atoms with Crippen LogP contribution in [0.2, 0.25) is 0 Å². The fourth-order valence-corrected chi connectivity index (χ4v) is 2.07. The molecule has 0 heterocycles. The number of rotatable bonds is 10. The van der Waals surface area contributed by atoms with Gasteiger partial charge in [0.05, 0.1) is 6.10 Å². The maximum Gasteiger partial charge on any atom is 0.119 e. The lowest BCUT2D eigenvalue weighted by Gasteiger charge is -2.29. The summed E-state index contributed by atoms with van der Waals surface area (Å²) in [7, 11) is 0. The molecule has 3 heteroatoms. The van der Waals surface area contributed by atoms with E-state index in [1.54, 1.807) is 12.2 Å². The van der Waals surface area contributed by atoms with E-state index in [9.17, 15) is 5.11 Å². The standard InChI is InChI=1S/C20H26O3/c1-5-7-9-12-18(6-2)23-20(3,4)15-17(21)16-22-19-13-10-8-11-14-19/h5-14,17,21H,1-2,15-16H2,3-4H3/b9-7-,18-12+. The SMILES string of the molecule is C=C/C=C\C=C(/C=C)OC(C)(C)CC(O)COc1ccccc1. The number of para-hydroxylation sites is 1. The summed E-state index contributed by atoms with van der Waals surface area (Å²) in [5.74, 6) is 1.38. The van der Waals surface area contributed by atoms with Crippen molar-refractivity contribution >= 4 is 0 Å². The van der Waals surface area contributed by atoms with Crippen molar-refractivity contribution in [3.63, 3.8) is 0 Å².